The molecule has 3 N–H and O–H groups in total. The van der Waals surface area contributed by atoms with Crippen molar-refractivity contribution in [2.24, 2.45) is 4.99 Å². The molecule has 2 heterocycles. The Morgan fingerprint density at radius 3 is 2.83 bits per heavy atom. The van der Waals surface area contributed by atoms with Gasteiger partial charge in [-0.2, -0.15) is 0 Å². The summed E-state index contributed by atoms with van der Waals surface area (Å²) in [5.74, 6) is -0.169. The third kappa shape index (κ3) is 4.36. The van der Waals surface area contributed by atoms with E-state index in [9.17, 15) is 9.90 Å². The summed E-state index contributed by atoms with van der Waals surface area (Å²) in [6.07, 6.45) is 4.47. The number of benzene rings is 2. The maximum absolute atomic E-state index is 12.1. The number of hydrogen-bond acceptors (Lipinski definition) is 5. The fraction of sp³-hybridized carbons (Fsp3) is 0.273. The van der Waals surface area contributed by atoms with Crippen molar-refractivity contribution in [1.29, 1.82) is 0 Å². The highest BCUT2D eigenvalue weighted by molar-refractivity contribution is 14.1. The number of aliphatic imine (C=N–C) groups is 1. The third-order valence-corrected chi connectivity index (χ3v) is 6.04. The molecule has 1 atom stereocenters. The van der Waals surface area contributed by atoms with Crippen molar-refractivity contribution in [3.05, 3.63) is 67.5 Å². The Balaban J connectivity index is 1.57. The molecule has 0 bridgehead atoms. The van der Waals surface area contributed by atoms with Gasteiger partial charge >= 0.3 is 0 Å². The first-order valence-corrected chi connectivity index (χ1v) is 10.7. The van der Waals surface area contributed by atoms with Crippen LogP contribution in [-0.2, 0) is 6.54 Å². The molecule has 29 heavy (non-hydrogen) atoms. The Morgan fingerprint density at radius 1 is 1.28 bits per heavy atom. The molecule has 0 amide bonds. The zero-order valence-corrected chi connectivity index (χ0v) is 18.3. The SMILES string of the molecule is CNC1CCCN1Cc1ccc(N=Cc2c(O)[nH]c(=O)c3ccc(I)cc23)cc1. The lowest BCUT2D eigenvalue weighted by molar-refractivity contribution is 0.220. The van der Waals surface area contributed by atoms with E-state index in [2.05, 4.69) is 54.9 Å². The molecule has 150 valence electrons. The molecule has 0 radical (unpaired) electrons. The molecule has 4 rings (SSSR count). The number of nitrogens with one attached hydrogen (secondary N) is 2. The number of nitrogens with zero attached hydrogens (tertiary/aromatic N) is 2. The number of rotatable bonds is 5. The van der Waals surface area contributed by atoms with Crippen molar-refractivity contribution in [2.75, 3.05) is 13.6 Å². The lowest BCUT2D eigenvalue weighted by Crippen LogP contribution is -2.38. The summed E-state index contributed by atoms with van der Waals surface area (Å²) in [5.41, 5.74) is 2.25. The second-order valence-corrected chi connectivity index (χ2v) is 8.49. The number of H-pyrrole nitrogens is 1. The standard InChI is InChI=1S/C22H23IN4O2/c1-24-20-3-2-10-27(20)13-14-4-7-16(8-5-14)25-12-19-18-11-15(23)6-9-17(18)21(28)26-22(19)29/h4-9,11-12,20,24H,2-3,10,13H2,1H3,(H2,26,28,29). The second kappa shape index (κ2) is 8.64. The van der Waals surface area contributed by atoms with E-state index < -0.39 is 0 Å². The number of hydrogen-bond donors (Lipinski definition) is 3. The van der Waals surface area contributed by atoms with E-state index in [-0.39, 0.29) is 11.4 Å². The van der Waals surface area contributed by atoms with Crippen molar-refractivity contribution < 1.29 is 5.11 Å². The molecular weight excluding hydrogens is 479 g/mol. The lowest BCUT2D eigenvalue weighted by Gasteiger charge is -2.23. The first kappa shape index (κ1) is 20.1. The minimum Gasteiger partial charge on any atom is -0.494 e. The van der Waals surface area contributed by atoms with Gasteiger partial charge in [0.2, 0.25) is 5.88 Å². The molecule has 6 nitrogen and oxygen atoms in total. The molecule has 1 unspecified atom stereocenters. The van der Waals surface area contributed by atoms with Crippen molar-refractivity contribution in [3.8, 4) is 5.88 Å². The van der Waals surface area contributed by atoms with E-state index in [1.54, 1.807) is 12.3 Å². The Morgan fingerprint density at radius 2 is 2.07 bits per heavy atom. The maximum atomic E-state index is 12.1. The van der Waals surface area contributed by atoms with Crippen LogP contribution in [0.2, 0.25) is 0 Å². The van der Waals surface area contributed by atoms with Crippen LogP contribution < -0.4 is 10.9 Å². The topological polar surface area (TPSA) is 80.7 Å². The maximum Gasteiger partial charge on any atom is 0.258 e. The van der Waals surface area contributed by atoms with E-state index in [1.165, 1.54) is 18.4 Å². The van der Waals surface area contributed by atoms with Crippen LogP contribution in [0.25, 0.3) is 10.8 Å². The van der Waals surface area contributed by atoms with Crippen LogP contribution in [0.15, 0.2) is 52.3 Å². The zero-order valence-electron chi connectivity index (χ0n) is 16.2. The molecule has 1 aromatic heterocycles. The Bertz CT molecular complexity index is 1110. The summed E-state index contributed by atoms with van der Waals surface area (Å²) in [5, 5.41) is 14.8. The number of aromatic hydroxyl groups is 1. The highest BCUT2D eigenvalue weighted by Crippen LogP contribution is 2.24. The van der Waals surface area contributed by atoms with Gasteiger partial charge in [0.1, 0.15) is 0 Å². The number of aromatic amines is 1. The van der Waals surface area contributed by atoms with E-state index in [1.807, 2.05) is 31.3 Å². The number of halogens is 1. The van der Waals surface area contributed by atoms with Crippen molar-refractivity contribution in [1.82, 2.24) is 15.2 Å². The van der Waals surface area contributed by atoms with Crippen molar-refractivity contribution in [3.63, 3.8) is 0 Å². The van der Waals surface area contributed by atoms with Crippen LogP contribution >= 0.6 is 22.6 Å². The predicted molar refractivity (Wildman–Crippen MR) is 125 cm³/mol. The molecular formula is C22H23IN4O2. The third-order valence-electron chi connectivity index (χ3n) is 5.37. The minimum atomic E-state index is -0.308. The van der Waals surface area contributed by atoms with Crippen LogP contribution in [0.5, 0.6) is 5.88 Å². The number of fused-ring (bicyclic) bond motifs is 1. The van der Waals surface area contributed by atoms with Gasteiger partial charge in [0.05, 0.1) is 17.4 Å². The molecule has 3 aromatic rings. The molecule has 1 aliphatic rings. The van der Waals surface area contributed by atoms with Gasteiger partial charge < -0.3 is 10.4 Å². The monoisotopic (exact) mass is 502 g/mol. The molecule has 2 aromatic carbocycles. The fourth-order valence-electron chi connectivity index (χ4n) is 3.84. The fourth-order valence-corrected chi connectivity index (χ4v) is 4.33. The molecule has 0 saturated carbocycles. The summed E-state index contributed by atoms with van der Waals surface area (Å²) in [6, 6.07) is 13.6. The molecule has 0 spiro atoms. The normalized spacial score (nSPS) is 17.5. The van der Waals surface area contributed by atoms with Crippen LogP contribution in [0.3, 0.4) is 0 Å². The van der Waals surface area contributed by atoms with Gasteiger partial charge in [-0.05, 0) is 78.4 Å². The minimum absolute atomic E-state index is 0.169. The van der Waals surface area contributed by atoms with Gasteiger partial charge in [-0.1, -0.05) is 12.1 Å². The van der Waals surface area contributed by atoms with Gasteiger partial charge in [0.15, 0.2) is 0 Å². The second-order valence-electron chi connectivity index (χ2n) is 7.25. The van der Waals surface area contributed by atoms with Crippen molar-refractivity contribution in [2.45, 2.75) is 25.6 Å². The van der Waals surface area contributed by atoms with E-state index in [0.29, 0.717) is 22.5 Å². The van der Waals surface area contributed by atoms with E-state index >= 15 is 0 Å². The summed E-state index contributed by atoms with van der Waals surface area (Å²) in [7, 11) is 2.01. The Hall–Kier alpha value is -2.23. The van der Waals surface area contributed by atoms with E-state index in [0.717, 1.165) is 22.3 Å². The quantitative estimate of drug-likeness (QED) is 0.367. The molecule has 0 aliphatic carbocycles. The predicted octanol–water partition coefficient (Wildman–Crippen LogP) is 3.73. The summed E-state index contributed by atoms with van der Waals surface area (Å²) in [6.45, 7) is 2.03. The smallest absolute Gasteiger partial charge is 0.258 e. The van der Waals surface area contributed by atoms with E-state index in [4.69, 9.17) is 0 Å². The largest absolute Gasteiger partial charge is 0.494 e. The lowest BCUT2D eigenvalue weighted by atomic mass is 10.1. The Kier molecular flexibility index (Phi) is 5.98. The Labute approximate surface area is 182 Å². The van der Waals surface area contributed by atoms with Crippen LogP contribution in [0, 0.1) is 3.57 Å². The molecule has 1 aliphatic heterocycles. The average molecular weight is 502 g/mol. The van der Waals surface area contributed by atoms with Crippen LogP contribution in [0.1, 0.15) is 24.0 Å². The van der Waals surface area contributed by atoms with Gasteiger partial charge in [-0.3, -0.25) is 19.7 Å². The average Bonchev–Trinajstić information content (AvgIpc) is 3.16. The van der Waals surface area contributed by atoms with Gasteiger partial charge in [-0.15, -0.1) is 0 Å². The summed E-state index contributed by atoms with van der Waals surface area (Å²) < 4.78 is 0.987. The van der Waals surface area contributed by atoms with Gasteiger partial charge in [0, 0.05) is 33.6 Å². The highest BCUT2D eigenvalue weighted by atomic mass is 127. The molecule has 1 saturated heterocycles. The van der Waals surface area contributed by atoms with Gasteiger partial charge in [-0.25, -0.2) is 0 Å². The number of aromatic nitrogens is 1. The first-order valence-electron chi connectivity index (χ1n) is 9.64. The molecule has 7 heteroatoms. The number of likely N-dealkylation sites (tertiary alicyclic amines) is 1. The zero-order chi connectivity index (χ0) is 20.4. The molecule has 1 fully saturated rings. The van der Waals surface area contributed by atoms with Crippen LogP contribution in [-0.4, -0.2) is 41.0 Å². The van der Waals surface area contributed by atoms with Crippen molar-refractivity contribution >= 4 is 45.3 Å². The summed E-state index contributed by atoms with van der Waals surface area (Å²) in [4.78, 5) is 21.5. The number of pyridine rings is 1. The van der Waals surface area contributed by atoms with Crippen LogP contribution in [0.4, 0.5) is 5.69 Å². The first-order chi connectivity index (χ1) is 14.0. The summed E-state index contributed by atoms with van der Waals surface area (Å²) >= 11 is 2.19. The van der Waals surface area contributed by atoms with Gasteiger partial charge in [0.25, 0.3) is 5.56 Å². The highest BCUT2D eigenvalue weighted by Gasteiger charge is 2.22.